The third-order valence-electron chi connectivity index (χ3n) is 7.16. The largest absolute Gasteiger partial charge is 0.478 e. The minimum Gasteiger partial charge on any atom is -0.478 e. The molecule has 0 aliphatic rings. The monoisotopic (exact) mass is 548 g/mol. The van der Waals surface area contributed by atoms with Crippen LogP contribution < -0.4 is 0 Å². The maximum atomic E-state index is 11.5. The predicted octanol–water partition coefficient (Wildman–Crippen LogP) is 8.21. The standard InChI is InChI=1S/C36H24N2O4/c39-35(40)27-5-1-23(2-6-27)29-17-30(24-3-7-28(8-4-24)36(41)42)20-33(19-29)34-21-31(25-9-13-37-14-10-25)18-32(22-34)26-11-15-38-16-12-26/h1-22H,(H,39,40)(H,41,42). The molecule has 2 aromatic heterocycles. The first kappa shape index (κ1) is 26.3. The Morgan fingerprint density at radius 3 is 0.857 bits per heavy atom. The van der Waals surface area contributed by atoms with Gasteiger partial charge < -0.3 is 10.2 Å². The van der Waals surface area contributed by atoms with Crippen molar-refractivity contribution in [2.45, 2.75) is 0 Å². The second-order valence-corrected chi connectivity index (χ2v) is 9.83. The van der Waals surface area contributed by atoms with Crippen molar-refractivity contribution in [1.82, 2.24) is 9.97 Å². The van der Waals surface area contributed by atoms with Gasteiger partial charge in [-0.15, -0.1) is 0 Å². The van der Waals surface area contributed by atoms with Gasteiger partial charge in [-0.05, 0) is 141 Å². The predicted molar refractivity (Wildman–Crippen MR) is 163 cm³/mol. The number of hydrogen-bond donors (Lipinski definition) is 2. The molecule has 0 spiro atoms. The second-order valence-electron chi connectivity index (χ2n) is 9.83. The normalized spacial score (nSPS) is 10.8. The highest BCUT2D eigenvalue weighted by Gasteiger charge is 2.13. The number of carbonyl (C=O) groups is 2. The molecule has 6 heteroatoms. The fraction of sp³-hybridized carbons (Fsp3) is 0. The van der Waals surface area contributed by atoms with Crippen LogP contribution in [0.2, 0.25) is 0 Å². The van der Waals surface area contributed by atoms with Gasteiger partial charge in [-0.25, -0.2) is 9.59 Å². The minimum absolute atomic E-state index is 0.214. The van der Waals surface area contributed by atoms with E-state index in [2.05, 4.69) is 40.3 Å². The molecule has 0 aliphatic heterocycles. The molecular weight excluding hydrogens is 524 g/mol. The average Bonchev–Trinajstić information content (AvgIpc) is 3.05. The van der Waals surface area contributed by atoms with Crippen molar-refractivity contribution in [1.29, 1.82) is 0 Å². The van der Waals surface area contributed by atoms with Gasteiger partial charge in [0, 0.05) is 24.8 Å². The van der Waals surface area contributed by atoms with Crippen LogP contribution in [-0.4, -0.2) is 32.1 Å². The van der Waals surface area contributed by atoms with E-state index < -0.39 is 11.9 Å². The molecule has 6 rings (SSSR count). The maximum Gasteiger partial charge on any atom is 0.335 e. The summed E-state index contributed by atoms with van der Waals surface area (Å²) in [4.78, 5) is 31.3. The van der Waals surface area contributed by atoms with Crippen molar-refractivity contribution in [3.8, 4) is 55.6 Å². The van der Waals surface area contributed by atoms with Gasteiger partial charge in [-0.2, -0.15) is 0 Å². The Bertz CT molecular complexity index is 1770. The Hall–Kier alpha value is -5.88. The zero-order valence-corrected chi connectivity index (χ0v) is 22.3. The molecule has 6 aromatic rings. The summed E-state index contributed by atoms with van der Waals surface area (Å²) in [6.07, 6.45) is 7.09. The number of aromatic carboxylic acids is 2. The van der Waals surface area contributed by atoms with Gasteiger partial charge in [0.1, 0.15) is 0 Å². The maximum absolute atomic E-state index is 11.5. The summed E-state index contributed by atoms with van der Waals surface area (Å²) in [5.74, 6) is -1.96. The van der Waals surface area contributed by atoms with Crippen LogP contribution in [-0.2, 0) is 0 Å². The van der Waals surface area contributed by atoms with E-state index in [1.54, 1.807) is 73.3 Å². The fourth-order valence-electron chi connectivity index (χ4n) is 4.95. The Morgan fingerprint density at radius 1 is 0.357 bits per heavy atom. The lowest BCUT2D eigenvalue weighted by atomic mass is 9.90. The quantitative estimate of drug-likeness (QED) is 0.209. The molecule has 0 saturated heterocycles. The molecule has 0 aliphatic carbocycles. The van der Waals surface area contributed by atoms with E-state index in [0.717, 1.165) is 55.6 Å². The van der Waals surface area contributed by atoms with E-state index in [0.29, 0.717) is 0 Å². The van der Waals surface area contributed by atoms with Crippen molar-refractivity contribution >= 4 is 11.9 Å². The highest BCUT2D eigenvalue weighted by molar-refractivity contribution is 5.91. The number of carboxylic acid groups (broad SMARTS) is 2. The van der Waals surface area contributed by atoms with Crippen LogP contribution in [0.25, 0.3) is 55.6 Å². The van der Waals surface area contributed by atoms with E-state index in [4.69, 9.17) is 0 Å². The van der Waals surface area contributed by atoms with Crippen LogP contribution in [0.1, 0.15) is 20.7 Å². The summed E-state index contributed by atoms with van der Waals surface area (Å²) in [6, 6.07) is 34.1. The summed E-state index contributed by atoms with van der Waals surface area (Å²) in [7, 11) is 0. The molecule has 6 nitrogen and oxygen atoms in total. The van der Waals surface area contributed by atoms with Gasteiger partial charge >= 0.3 is 11.9 Å². The van der Waals surface area contributed by atoms with Crippen molar-refractivity contribution in [2.24, 2.45) is 0 Å². The molecular formula is C36H24N2O4. The van der Waals surface area contributed by atoms with Gasteiger partial charge in [0.2, 0.25) is 0 Å². The summed E-state index contributed by atoms with van der Waals surface area (Å²) < 4.78 is 0. The SMILES string of the molecule is O=C(O)c1ccc(-c2cc(-c3ccc(C(=O)O)cc3)cc(-c3cc(-c4ccncc4)cc(-c4ccncc4)c3)c2)cc1. The van der Waals surface area contributed by atoms with Gasteiger partial charge in [0.05, 0.1) is 11.1 Å². The number of aromatic nitrogens is 2. The van der Waals surface area contributed by atoms with Gasteiger partial charge in [-0.1, -0.05) is 24.3 Å². The first-order valence-corrected chi connectivity index (χ1v) is 13.2. The van der Waals surface area contributed by atoms with Crippen LogP contribution in [0.5, 0.6) is 0 Å². The smallest absolute Gasteiger partial charge is 0.335 e. The Balaban J connectivity index is 1.56. The van der Waals surface area contributed by atoms with Crippen LogP contribution >= 0.6 is 0 Å². The molecule has 0 radical (unpaired) electrons. The van der Waals surface area contributed by atoms with Crippen LogP contribution in [0.4, 0.5) is 0 Å². The number of hydrogen-bond acceptors (Lipinski definition) is 4. The first-order valence-electron chi connectivity index (χ1n) is 13.2. The molecule has 0 unspecified atom stereocenters. The van der Waals surface area contributed by atoms with Crippen LogP contribution in [0.15, 0.2) is 134 Å². The molecule has 0 fully saturated rings. The lowest BCUT2D eigenvalue weighted by Gasteiger charge is -2.15. The van der Waals surface area contributed by atoms with Crippen molar-refractivity contribution in [3.63, 3.8) is 0 Å². The molecule has 202 valence electrons. The van der Waals surface area contributed by atoms with E-state index in [9.17, 15) is 19.8 Å². The highest BCUT2D eigenvalue weighted by atomic mass is 16.4. The molecule has 4 aromatic carbocycles. The molecule has 0 atom stereocenters. The number of nitrogens with zero attached hydrogens (tertiary/aromatic N) is 2. The lowest BCUT2D eigenvalue weighted by Crippen LogP contribution is -1.96. The van der Waals surface area contributed by atoms with Crippen molar-refractivity contribution in [3.05, 3.63) is 145 Å². The van der Waals surface area contributed by atoms with Gasteiger partial charge in [0.15, 0.2) is 0 Å². The van der Waals surface area contributed by atoms with Crippen LogP contribution in [0, 0.1) is 0 Å². The third kappa shape index (κ3) is 5.55. The number of benzene rings is 4. The third-order valence-corrected chi connectivity index (χ3v) is 7.16. The molecule has 2 heterocycles. The zero-order valence-electron chi connectivity index (χ0n) is 22.3. The molecule has 0 bridgehead atoms. The van der Waals surface area contributed by atoms with Gasteiger partial charge in [0.25, 0.3) is 0 Å². The number of pyridine rings is 2. The Kier molecular flexibility index (Phi) is 7.10. The highest BCUT2D eigenvalue weighted by Crippen LogP contribution is 2.37. The zero-order chi connectivity index (χ0) is 29.1. The molecule has 2 N–H and O–H groups in total. The van der Waals surface area contributed by atoms with Gasteiger partial charge in [-0.3, -0.25) is 9.97 Å². The van der Waals surface area contributed by atoms with Crippen molar-refractivity contribution < 1.29 is 19.8 Å². The van der Waals surface area contributed by atoms with Crippen LogP contribution in [0.3, 0.4) is 0 Å². The molecule has 0 saturated carbocycles. The number of carboxylic acids is 2. The van der Waals surface area contributed by atoms with E-state index in [1.165, 1.54) is 0 Å². The summed E-state index contributed by atoms with van der Waals surface area (Å²) >= 11 is 0. The average molecular weight is 549 g/mol. The minimum atomic E-state index is -0.980. The van der Waals surface area contributed by atoms with E-state index in [1.807, 2.05) is 30.3 Å². The molecule has 0 amide bonds. The van der Waals surface area contributed by atoms with Crippen molar-refractivity contribution in [2.75, 3.05) is 0 Å². The lowest BCUT2D eigenvalue weighted by molar-refractivity contribution is 0.0686. The Morgan fingerprint density at radius 2 is 0.595 bits per heavy atom. The molecule has 42 heavy (non-hydrogen) atoms. The first-order chi connectivity index (χ1) is 20.4. The summed E-state index contributed by atoms with van der Waals surface area (Å²) in [5.41, 5.74) is 10.0. The topological polar surface area (TPSA) is 100 Å². The summed E-state index contributed by atoms with van der Waals surface area (Å²) in [5, 5.41) is 18.8. The fourth-order valence-corrected chi connectivity index (χ4v) is 4.95. The number of rotatable bonds is 7. The van der Waals surface area contributed by atoms with E-state index >= 15 is 0 Å². The summed E-state index contributed by atoms with van der Waals surface area (Å²) in [6.45, 7) is 0. The Labute approximate surface area is 242 Å². The second kappa shape index (κ2) is 11.3. The van der Waals surface area contributed by atoms with E-state index in [-0.39, 0.29) is 11.1 Å².